The first-order valence-electron chi connectivity index (χ1n) is 5.77. The number of amides is 1. The van der Waals surface area contributed by atoms with Crippen molar-refractivity contribution in [3.8, 4) is 12.1 Å². The van der Waals surface area contributed by atoms with Gasteiger partial charge in [-0.1, -0.05) is 30.3 Å². The first-order valence-corrected chi connectivity index (χ1v) is 5.77. The van der Waals surface area contributed by atoms with Crippen molar-refractivity contribution in [2.75, 3.05) is 0 Å². The molecule has 4 heteroatoms. The number of hydrogen-bond acceptors (Lipinski definition) is 3. The van der Waals surface area contributed by atoms with Crippen molar-refractivity contribution in [1.82, 2.24) is 5.32 Å². The maximum atomic E-state index is 12.0. The minimum Gasteiger partial charge on any atom is -0.333 e. The minimum atomic E-state index is -1.09. The molecule has 0 saturated heterocycles. The second-order valence-corrected chi connectivity index (χ2v) is 4.75. The van der Waals surface area contributed by atoms with Gasteiger partial charge < -0.3 is 5.32 Å². The van der Waals surface area contributed by atoms with Crippen molar-refractivity contribution in [1.29, 1.82) is 10.5 Å². The van der Waals surface area contributed by atoms with E-state index in [1.807, 2.05) is 24.3 Å². The molecule has 0 aromatic heterocycles. The van der Waals surface area contributed by atoms with Crippen molar-refractivity contribution in [3.63, 3.8) is 0 Å². The van der Waals surface area contributed by atoms with Crippen LogP contribution in [0.4, 0.5) is 0 Å². The number of benzene rings is 1. The predicted octanol–water partition coefficient (Wildman–Crippen LogP) is 1.85. The molecule has 0 bridgehead atoms. The molecule has 0 radical (unpaired) electrons. The van der Waals surface area contributed by atoms with E-state index in [2.05, 4.69) is 11.4 Å². The zero-order valence-electron chi connectivity index (χ0n) is 10.1. The molecular formula is C14H13N3O. The van der Waals surface area contributed by atoms with Crippen LogP contribution < -0.4 is 5.32 Å². The van der Waals surface area contributed by atoms with Gasteiger partial charge in [-0.25, -0.2) is 0 Å². The average Bonchev–Trinajstić information content (AvgIpc) is 3.20. The van der Waals surface area contributed by atoms with E-state index in [0.29, 0.717) is 12.8 Å². The summed E-state index contributed by atoms with van der Waals surface area (Å²) < 4.78 is 0. The van der Waals surface area contributed by atoms with Gasteiger partial charge in [0.05, 0.1) is 12.1 Å². The molecule has 18 heavy (non-hydrogen) atoms. The van der Waals surface area contributed by atoms with Crippen LogP contribution in [0.2, 0.25) is 0 Å². The number of carbonyl (C=O) groups excluding carboxylic acids is 1. The summed E-state index contributed by atoms with van der Waals surface area (Å²) >= 11 is 0. The summed E-state index contributed by atoms with van der Waals surface area (Å²) in [5.41, 5.74) is -1.29. The molecule has 1 N–H and O–H groups in total. The Morgan fingerprint density at radius 1 is 1.33 bits per heavy atom. The standard InChI is InChI=1S/C14H13N3O/c1-13(9-15,11-5-3-2-4-6-11)17-12(18)14(10-16)7-8-14/h2-6H,7-8H2,1H3,(H,17,18). The average molecular weight is 239 g/mol. The van der Waals surface area contributed by atoms with E-state index < -0.39 is 11.0 Å². The van der Waals surface area contributed by atoms with E-state index in [0.717, 1.165) is 5.56 Å². The highest BCUT2D eigenvalue weighted by Gasteiger charge is 2.52. The van der Waals surface area contributed by atoms with Crippen LogP contribution in [0.3, 0.4) is 0 Å². The van der Waals surface area contributed by atoms with E-state index >= 15 is 0 Å². The van der Waals surface area contributed by atoms with Crippen molar-refractivity contribution >= 4 is 5.91 Å². The zero-order valence-corrected chi connectivity index (χ0v) is 10.1. The molecule has 1 atom stereocenters. The van der Waals surface area contributed by atoms with Gasteiger partial charge in [0.1, 0.15) is 11.0 Å². The number of nitrogens with zero attached hydrogens (tertiary/aromatic N) is 2. The largest absolute Gasteiger partial charge is 0.333 e. The summed E-state index contributed by atoms with van der Waals surface area (Å²) in [5, 5.41) is 21.0. The van der Waals surface area contributed by atoms with Crippen molar-refractivity contribution < 1.29 is 4.79 Å². The highest BCUT2D eigenvalue weighted by molar-refractivity contribution is 5.89. The molecule has 2 rings (SSSR count). The Labute approximate surface area is 106 Å². The van der Waals surface area contributed by atoms with Crippen LogP contribution in [0.25, 0.3) is 0 Å². The SMILES string of the molecule is CC(C#N)(NC(=O)C1(C#N)CC1)c1ccccc1. The van der Waals surface area contributed by atoms with E-state index in [1.165, 1.54) is 0 Å². The molecule has 1 aliphatic carbocycles. The van der Waals surface area contributed by atoms with Crippen LogP contribution in [0.5, 0.6) is 0 Å². The lowest BCUT2D eigenvalue weighted by Gasteiger charge is -2.24. The maximum absolute atomic E-state index is 12.0. The fourth-order valence-electron chi connectivity index (χ4n) is 1.80. The number of carbonyl (C=O) groups is 1. The molecular weight excluding hydrogens is 226 g/mol. The number of nitrogens with one attached hydrogen (secondary N) is 1. The summed E-state index contributed by atoms with van der Waals surface area (Å²) in [5.74, 6) is -0.349. The van der Waals surface area contributed by atoms with E-state index in [1.54, 1.807) is 19.1 Å². The van der Waals surface area contributed by atoms with Crippen molar-refractivity contribution in [2.45, 2.75) is 25.3 Å². The van der Waals surface area contributed by atoms with Crippen LogP contribution >= 0.6 is 0 Å². The molecule has 1 unspecified atom stereocenters. The van der Waals surface area contributed by atoms with Gasteiger partial charge in [0.25, 0.3) is 0 Å². The quantitative estimate of drug-likeness (QED) is 0.874. The third-order valence-electron chi connectivity index (χ3n) is 3.34. The van der Waals surface area contributed by atoms with Gasteiger partial charge in [0.2, 0.25) is 5.91 Å². The zero-order chi connectivity index (χ0) is 13.2. The Morgan fingerprint density at radius 2 is 1.94 bits per heavy atom. The molecule has 1 fully saturated rings. The first kappa shape index (κ1) is 12.1. The third-order valence-corrected chi connectivity index (χ3v) is 3.34. The monoisotopic (exact) mass is 239 g/mol. The Bertz CT molecular complexity index is 549. The van der Waals surface area contributed by atoms with Crippen LogP contribution in [0.15, 0.2) is 30.3 Å². The van der Waals surface area contributed by atoms with Crippen molar-refractivity contribution in [2.24, 2.45) is 5.41 Å². The number of hydrogen-bond donors (Lipinski definition) is 1. The van der Waals surface area contributed by atoms with Gasteiger partial charge in [-0.2, -0.15) is 10.5 Å². The van der Waals surface area contributed by atoms with Gasteiger partial charge in [-0.05, 0) is 25.3 Å². The Kier molecular flexibility index (Phi) is 2.80. The summed E-state index contributed by atoms with van der Waals surface area (Å²) in [6, 6.07) is 13.2. The lowest BCUT2D eigenvalue weighted by molar-refractivity contribution is -0.125. The van der Waals surface area contributed by atoms with Crippen LogP contribution in [-0.2, 0) is 10.3 Å². The molecule has 1 aliphatic rings. The highest BCUT2D eigenvalue weighted by Crippen LogP contribution is 2.45. The first-order chi connectivity index (χ1) is 8.56. The fraction of sp³-hybridized carbons (Fsp3) is 0.357. The van der Waals surface area contributed by atoms with E-state index in [4.69, 9.17) is 5.26 Å². The lowest BCUT2D eigenvalue weighted by atomic mass is 9.92. The second kappa shape index (κ2) is 4.16. The number of rotatable bonds is 3. The Balaban J connectivity index is 2.23. The minimum absolute atomic E-state index is 0.349. The molecule has 1 aromatic carbocycles. The lowest BCUT2D eigenvalue weighted by Crippen LogP contribution is -2.45. The van der Waals surface area contributed by atoms with E-state index in [9.17, 15) is 10.1 Å². The molecule has 0 aliphatic heterocycles. The molecule has 1 saturated carbocycles. The molecule has 90 valence electrons. The van der Waals surface area contributed by atoms with Gasteiger partial charge in [0.15, 0.2) is 0 Å². The van der Waals surface area contributed by atoms with Gasteiger partial charge in [0, 0.05) is 0 Å². The van der Waals surface area contributed by atoms with Gasteiger partial charge in [-0.15, -0.1) is 0 Å². The molecule has 4 nitrogen and oxygen atoms in total. The van der Waals surface area contributed by atoms with Gasteiger partial charge >= 0.3 is 0 Å². The normalized spacial score (nSPS) is 18.8. The van der Waals surface area contributed by atoms with Crippen LogP contribution in [0, 0.1) is 28.1 Å². The van der Waals surface area contributed by atoms with Gasteiger partial charge in [-0.3, -0.25) is 4.79 Å². The molecule has 0 spiro atoms. The highest BCUT2D eigenvalue weighted by atomic mass is 16.2. The van der Waals surface area contributed by atoms with Crippen molar-refractivity contribution in [3.05, 3.63) is 35.9 Å². The van der Waals surface area contributed by atoms with Crippen LogP contribution in [-0.4, -0.2) is 5.91 Å². The summed E-state index contributed by atoms with van der Waals surface area (Å²) in [6.07, 6.45) is 1.15. The smallest absolute Gasteiger partial charge is 0.241 e. The Morgan fingerprint density at radius 3 is 2.39 bits per heavy atom. The van der Waals surface area contributed by atoms with E-state index in [-0.39, 0.29) is 5.91 Å². The summed E-state index contributed by atoms with van der Waals surface area (Å²) in [4.78, 5) is 12.0. The third kappa shape index (κ3) is 1.94. The fourth-order valence-corrected chi connectivity index (χ4v) is 1.80. The predicted molar refractivity (Wildman–Crippen MR) is 64.8 cm³/mol. The molecule has 1 amide bonds. The second-order valence-electron chi connectivity index (χ2n) is 4.75. The van der Waals surface area contributed by atoms with Crippen LogP contribution in [0.1, 0.15) is 25.3 Å². The summed E-state index contributed by atoms with van der Waals surface area (Å²) in [6.45, 7) is 1.65. The Hall–Kier alpha value is -2.33. The summed E-state index contributed by atoms with van der Waals surface area (Å²) in [7, 11) is 0. The number of nitriles is 2. The maximum Gasteiger partial charge on any atom is 0.241 e. The molecule has 0 heterocycles. The topological polar surface area (TPSA) is 76.7 Å². The molecule has 1 aromatic rings.